The van der Waals surface area contributed by atoms with Gasteiger partial charge in [-0.2, -0.15) is 0 Å². The summed E-state index contributed by atoms with van der Waals surface area (Å²) >= 11 is 0. The molecule has 0 radical (unpaired) electrons. The average Bonchev–Trinajstić information content (AvgIpc) is 2.68. The molecule has 0 unspecified atom stereocenters. The van der Waals surface area contributed by atoms with Gasteiger partial charge in [-0.25, -0.2) is 0 Å². The largest absolute Gasteiger partial charge is 0.507 e. The number of methoxy groups -OCH3 is 1. The third kappa shape index (κ3) is 4.74. The zero-order chi connectivity index (χ0) is 18.4. The van der Waals surface area contributed by atoms with Gasteiger partial charge < -0.3 is 19.9 Å². The molecule has 0 bridgehead atoms. The number of carbonyl (C=O) groups is 1. The molecule has 2 aromatic carbocycles. The zero-order valence-electron chi connectivity index (χ0n) is 14.9. The van der Waals surface area contributed by atoms with Crippen molar-refractivity contribution in [1.29, 1.82) is 0 Å². The summed E-state index contributed by atoms with van der Waals surface area (Å²) in [6.07, 6.45) is 0. The number of benzene rings is 2. The van der Waals surface area contributed by atoms with Crippen LogP contribution in [-0.2, 0) is 17.8 Å². The second-order valence-electron chi connectivity index (χ2n) is 6.27. The molecule has 0 atom stereocenters. The van der Waals surface area contributed by atoms with Crippen molar-refractivity contribution in [3.8, 4) is 11.5 Å². The summed E-state index contributed by atoms with van der Waals surface area (Å²) in [5, 5.41) is 12.8. The first-order valence-electron chi connectivity index (χ1n) is 8.69. The lowest BCUT2D eigenvalue weighted by Crippen LogP contribution is -2.35. The highest BCUT2D eigenvalue weighted by molar-refractivity contribution is 5.96. The van der Waals surface area contributed by atoms with E-state index in [-0.39, 0.29) is 17.2 Å². The highest BCUT2D eigenvalue weighted by atomic mass is 16.5. The van der Waals surface area contributed by atoms with Crippen molar-refractivity contribution >= 4 is 5.91 Å². The molecule has 1 aliphatic rings. The number of hydrogen-bond donors (Lipinski definition) is 2. The summed E-state index contributed by atoms with van der Waals surface area (Å²) in [7, 11) is 1.51. The summed E-state index contributed by atoms with van der Waals surface area (Å²) in [6.45, 7) is 4.83. The SMILES string of the molecule is COc1ccc(C(=O)NCc2ccc(CN3CCOCC3)cc2)c(O)c1. The van der Waals surface area contributed by atoms with Crippen molar-refractivity contribution in [2.45, 2.75) is 13.1 Å². The van der Waals surface area contributed by atoms with Gasteiger partial charge in [-0.3, -0.25) is 9.69 Å². The minimum atomic E-state index is -0.317. The fourth-order valence-corrected chi connectivity index (χ4v) is 2.89. The van der Waals surface area contributed by atoms with E-state index in [2.05, 4.69) is 22.3 Å². The maximum absolute atomic E-state index is 12.2. The minimum Gasteiger partial charge on any atom is -0.507 e. The molecule has 2 N–H and O–H groups in total. The third-order valence-electron chi connectivity index (χ3n) is 4.44. The molecule has 2 aromatic rings. The number of amides is 1. The zero-order valence-corrected chi connectivity index (χ0v) is 14.9. The molecule has 26 heavy (non-hydrogen) atoms. The molecule has 0 saturated carbocycles. The van der Waals surface area contributed by atoms with Gasteiger partial charge in [0.25, 0.3) is 5.91 Å². The van der Waals surface area contributed by atoms with E-state index in [4.69, 9.17) is 9.47 Å². The van der Waals surface area contributed by atoms with Gasteiger partial charge in [0.05, 0.1) is 25.9 Å². The second kappa shape index (κ2) is 8.69. The summed E-state index contributed by atoms with van der Waals surface area (Å²) in [4.78, 5) is 14.6. The Morgan fingerprint density at radius 3 is 2.50 bits per heavy atom. The van der Waals surface area contributed by atoms with Gasteiger partial charge in [0, 0.05) is 32.2 Å². The number of hydrogen-bond acceptors (Lipinski definition) is 5. The first kappa shape index (κ1) is 18.2. The quantitative estimate of drug-likeness (QED) is 0.830. The van der Waals surface area contributed by atoms with E-state index in [0.717, 1.165) is 38.4 Å². The molecule has 1 aliphatic heterocycles. The van der Waals surface area contributed by atoms with Crippen molar-refractivity contribution in [2.75, 3.05) is 33.4 Å². The summed E-state index contributed by atoms with van der Waals surface area (Å²) in [5.41, 5.74) is 2.49. The van der Waals surface area contributed by atoms with Gasteiger partial charge in [0.2, 0.25) is 0 Å². The van der Waals surface area contributed by atoms with E-state index in [0.29, 0.717) is 12.3 Å². The molecular weight excluding hydrogens is 332 g/mol. The van der Waals surface area contributed by atoms with Crippen LogP contribution in [0.2, 0.25) is 0 Å². The number of phenolic OH excluding ortho intramolecular Hbond substituents is 1. The van der Waals surface area contributed by atoms with E-state index < -0.39 is 0 Å². The van der Waals surface area contributed by atoms with E-state index in [1.807, 2.05) is 12.1 Å². The molecule has 3 rings (SSSR count). The first-order chi connectivity index (χ1) is 12.7. The van der Waals surface area contributed by atoms with Gasteiger partial charge in [0.15, 0.2) is 0 Å². The first-order valence-corrected chi connectivity index (χ1v) is 8.69. The van der Waals surface area contributed by atoms with Crippen LogP contribution in [0.15, 0.2) is 42.5 Å². The van der Waals surface area contributed by atoms with E-state index in [1.54, 1.807) is 12.1 Å². The standard InChI is InChI=1S/C20H24N2O4/c1-25-17-6-7-18(19(23)12-17)20(24)21-13-15-2-4-16(5-3-15)14-22-8-10-26-11-9-22/h2-7,12,23H,8-11,13-14H2,1H3,(H,21,24). The predicted octanol–water partition coefficient (Wildman–Crippen LogP) is 2.16. The topological polar surface area (TPSA) is 71.0 Å². The third-order valence-corrected chi connectivity index (χ3v) is 4.44. The van der Waals surface area contributed by atoms with Crippen molar-refractivity contribution in [1.82, 2.24) is 10.2 Å². The molecule has 1 fully saturated rings. The summed E-state index contributed by atoms with van der Waals surface area (Å²) in [5.74, 6) is 0.0974. The lowest BCUT2D eigenvalue weighted by atomic mass is 10.1. The average molecular weight is 356 g/mol. The van der Waals surface area contributed by atoms with Crippen LogP contribution in [0, 0.1) is 0 Å². The van der Waals surface area contributed by atoms with Gasteiger partial charge >= 0.3 is 0 Å². The van der Waals surface area contributed by atoms with Gasteiger partial charge in [0.1, 0.15) is 11.5 Å². The fraction of sp³-hybridized carbons (Fsp3) is 0.350. The summed E-state index contributed by atoms with van der Waals surface area (Å²) in [6, 6.07) is 12.8. The normalized spacial score (nSPS) is 14.8. The number of ether oxygens (including phenoxy) is 2. The Morgan fingerprint density at radius 2 is 1.85 bits per heavy atom. The van der Waals surface area contributed by atoms with Gasteiger partial charge in [-0.1, -0.05) is 24.3 Å². The van der Waals surface area contributed by atoms with E-state index in [1.165, 1.54) is 18.7 Å². The Kier molecular flexibility index (Phi) is 6.09. The van der Waals surface area contributed by atoms with Crippen LogP contribution in [0.3, 0.4) is 0 Å². The lowest BCUT2D eigenvalue weighted by molar-refractivity contribution is 0.0342. The molecule has 1 saturated heterocycles. The number of nitrogens with one attached hydrogen (secondary N) is 1. The van der Waals surface area contributed by atoms with E-state index >= 15 is 0 Å². The van der Waals surface area contributed by atoms with Crippen LogP contribution < -0.4 is 10.1 Å². The molecule has 138 valence electrons. The van der Waals surface area contributed by atoms with Crippen LogP contribution >= 0.6 is 0 Å². The van der Waals surface area contributed by atoms with Crippen LogP contribution in [0.5, 0.6) is 11.5 Å². The van der Waals surface area contributed by atoms with Crippen LogP contribution in [0.4, 0.5) is 0 Å². The van der Waals surface area contributed by atoms with Gasteiger partial charge in [-0.05, 0) is 23.3 Å². The Balaban J connectivity index is 1.53. The predicted molar refractivity (Wildman–Crippen MR) is 98.4 cm³/mol. The molecular formula is C20H24N2O4. The molecule has 0 aliphatic carbocycles. The number of rotatable bonds is 6. The highest BCUT2D eigenvalue weighted by Crippen LogP contribution is 2.23. The van der Waals surface area contributed by atoms with Crippen LogP contribution in [-0.4, -0.2) is 49.3 Å². The molecule has 1 amide bonds. The van der Waals surface area contributed by atoms with Crippen molar-refractivity contribution < 1.29 is 19.4 Å². The Bertz CT molecular complexity index is 740. The molecule has 6 heteroatoms. The summed E-state index contributed by atoms with van der Waals surface area (Å²) < 4.78 is 10.4. The molecule has 0 aromatic heterocycles. The fourth-order valence-electron chi connectivity index (χ4n) is 2.89. The van der Waals surface area contributed by atoms with Crippen LogP contribution in [0.1, 0.15) is 21.5 Å². The Morgan fingerprint density at radius 1 is 1.15 bits per heavy atom. The minimum absolute atomic E-state index is 0.0947. The number of nitrogens with zero attached hydrogens (tertiary/aromatic N) is 1. The second-order valence-corrected chi connectivity index (χ2v) is 6.27. The molecule has 1 heterocycles. The number of aromatic hydroxyl groups is 1. The maximum atomic E-state index is 12.2. The number of phenols is 1. The Labute approximate surface area is 153 Å². The van der Waals surface area contributed by atoms with Crippen molar-refractivity contribution in [2.24, 2.45) is 0 Å². The van der Waals surface area contributed by atoms with Crippen molar-refractivity contribution in [3.63, 3.8) is 0 Å². The lowest BCUT2D eigenvalue weighted by Gasteiger charge is -2.26. The van der Waals surface area contributed by atoms with Gasteiger partial charge in [-0.15, -0.1) is 0 Å². The monoisotopic (exact) mass is 356 g/mol. The Hall–Kier alpha value is -2.57. The van der Waals surface area contributed by atoms with Crippen LogP contribution in [0.25, 0.3) is 0 Å². The number of morpholine rings is 1. The molecule has 6 nitrogen and oxygen atoms in total. The number of carbonyl (C=O) groups excluding carboxylic acids is 1. The molecule has 0 spiro atoms. The van der Waals surface area contributed by atoms with E-state index in [9.17, 15) is 9.90 Å². The maximum Gasteiger partial charge on any atom is 0.255 e. The van der Waals surface area contributed by atoms with Crippen molar-refractivity contribution in [3.05, 3.63) is 59.2 Å². The highest BCUT2D eigenvalue weighted by Gasteiger charge is 2.12. The smallest absolute Gasteiger partial charge is 0.255 e.